The molecule has 5 nitrogen and oxygen atoms in total. The Kier molecular flexibility index (Phi) is 3.97. The summed E-state index contributed by atoms with van der Waals surface area (Å²) in [5.74, 6) is -0.241. The zero-order valence-electron chi connectivity index (χ0n) is 11.1. The number of aromatic nitrogens is 2. The van der Waals surface area contributed by atoms with Crippen LogP contribution in [0.3, 0.4) is 0 Å². The van der Waals surface area contributed by atoms with Crippen LogP contribution < -0.4 is 11.1 Å². The molecule has 1 heterocycles. The molecule has 100 valence electrons. The molecule has 0 aliphatic carbocycles. The molecule has 0 saturated heterocycles. The molecule has 0 saturated carbocycles. The Morgan fingerprint density at radius 3 is 2.58 bits per heavy atom. The molecule has 0 fully saturated rings. The number of anilines is 1. The first kappa shape index (κ1) is 13.3. The van der Waals surface area contributed by atoms with Gasteiger partial charge in [-0.15, -0.1) is 0 Å². The van der Waals surface area contributed by atoms with Crippen molar-refractivity contribution in [3.63, 3.8) is 0 Å². The molecule has 1 aromatic carbocycles. The zero-order valence-corrected chi connectivity index (χ0v) is 11.1. The van der Waals surface area contributed by atoms with Crippen molar-refractivity contribution in [3.05, 3.63) is 48.3 Å². The molecule has 0 aliphatic rings. The van der Waals surface area contributed by atoms with Crippen molar-refractivity contribution in [1.29, 1.82) is 0 Å². The lowest BCUT2D eigenvalue weighted by molar-refractivity contribution is -0.117. The molecule has 1 amide bonds. The third kappa shape index (κ3) is 3.20. The van der Waals surface area contributed by atoms with Gasteiger partial charge in [0.15, 0.2) is 0 Å². The Bertz CT molecular complexity index is 548. The van der Waals surface area contributed by atoms with Crippen molar-refractivity contribution in [3.8, 4) is 0 Å². The van der Waals surface area contributed by atoms with Gasteiger partial charge in [-0.1, -0.05) is 30.3 Å². The van der Waals surface area contributed by atoms with Crippen LogP contribution in [0.4, 0.5) is 5.69 Å². The number of nitrogens with zero attached hydrogens (tertiary/aromatic N) is 2. The molecule has 0 radical (unpaired) electrons. The van der Waals surface area contributed by atoms with Gasteiger partial charge < -0.3 is 11.1 Å². The van der Waals surface area contributed by atoms with Gasteiger partial charge in [-0.2, -0.15) is 5.10 Å². The number of amides is 1. The van der Waals surface area contributed by atoms with Gasteiger partial charge in [0.2, 0.25) is 5.91 Å². The van der Waals surface area contributed by atoms with Crippen LogP contribution in [-0.2, 0) is 4.79 Å². The Hall–Kier alpha value is -2.14. The van der Waals surface area contributed by atoms with Crippen LogP contribution in [0, 0.1) is 0 Å². The fraction of sp³-hybridized carbons (Fsp3) is 0.286. The van der Waals surface area contributed by atoms with Gasteiger partial charge in [-0.05, 0) is 19.4 Å². The topological polar surface area (TPSA) is 72.9 Å². The average molecular weight is 258 g/mol. The molecular formula is C14H18N4O. The quantitative estimate of drug-likeness (QED) is 0.882. The summed E-state index contributed by atoms with van der Waals surface area (Å²) in [5.41, 5.74) is 7.36. The minimum atomic E-state index is -0.677. The van der Waals surface area contributed by atoms with E-state index < -0.39 is 6.04 Å². The summed E-state index contributed by atoms with van der Waals surface area (Å²) in [7, 11) is 0. The van der Waals surface area contributed by atoms with Crippen LogP contribution in [0.2, 0.25) is 0 Å². The Morgan fingerprint density at radius 2 is 2.00 bits per heavy atom. The number of hydrogen-bond donors (Lipinski definition) is 2. The molecule has 3 N–H and O–H groups in total. The monoisotopic (exact) mass is 258 g/mol. The molecule has 5 heteroatoms. The fourth-order valence-electron chi connectivity index (χ4n) is 1.72. The summed E-state index contributed by atoms with van der Waals surface area (Å²) in [6, 6.07) is 8.86. The summed E-state index contributed by atoms with van der Waals surface area (Å²) < 4.78 is 1.78. The second kappa shape index (κ2) is 5.67. The summed E-state index contributed by atoms with van der Waals surface area (Å²) in [6.45, 7) is 4.04. The van der Waals surface area contributed by atoms with Crippen molar-refractivity contribution in [2.45, 2.75) is 25.9 Å². The summed E-state index contributed by atoms with van der Waals surface area (Å²) in [5, 5.41) is 6.93. The smallest absolute Gasteiger partial charge is 0.245 e. The molecule has 2 aromatic rings. The van der Waals surface area contributed by atoms with Crippen molar-refractivity contribution >= 4 is 11.6 Å². The number of nitrogens with two attached hydrogens (primary N) is 1. The van der Waals surface area contributed by atoms with E-state index in [0.717, 1.165) is 5.56 Å². The Labute approximate surface area is 112 Å². The van der Waals surface area contributed by atoms with E-state index in [1.165, 1.54) is 0 Å². The van der Waals surface area contributed by atoms with Crippen molar-refractivity contribution in [2.75, 3.05) is 5.32 Å². The third-order valence-corrected chi connectivity index (χ3v) is 2.84. The molecule has 1 aromatic heterocycles. The lowest BCUT2D eigenvalue weighted by atomic mass is 10.1. The van der Waals surface area contributed by atoms with E-state index in [1.807, 2.05) is 44.2 Å². The Morgan fingerprint density at radius 1 is 1.32 bits per heavy atom. The van der Waals surface area contributed by atoms with Crippen LogP contribution in [0.1, 0.15) is 31.5 Å². The second-order valence-corrected chi connectivity index (χ2v) is 4.68. The summed E-state index contributed by atoms with van der Waals surface area (Å²) in [6.07, 6.45) is 3.41. The van der Waals surface area contributed by atoms with E-state index in [4.69, 9.17) is 5.73 Å². The number of rotatable bonds is 4. The fourth-order valence-corrected chi connectivity index (χ4v) is 1.72. The highest BCUT2D eigenvalue weighted by molar-refractivity contribution is 5.95. The molecule has 19 heavy (non-hydrogen) atoms. The first-order valence-corrected chi connectivity index (χ1v) is 6.23. The highest BCUT2D eigenvalue weighted by atomic mass is 16.2. The minimum absolute atomic E-state index is 0.241. The normalized spacial score (nSPS) is 12.4. The number of benzene rings is 1. The van der Waals surface area contributed by atoms with Crippen LogP contribution in [0.25, 0.3) is 0 Å². The van der Waals surface area contributed by atoms with Gasteiger partial charge in [-0.25, -0.2) is 0 Å². The number of carbonyl (C=O) groups excluding carboxylic acids is 1. The standard InChI is InChI=1S/C14H18N4O/c1-10(2)18-9-12(8-16-18)17-14(19)13(15)11-6-4-3-5-7-11/h3-10,13H,15H2,1-2H3,(H,17,19)/t13-/m0/s1. The van der Waals surface area contributed by atoms with Gasteiger partial charge in [0.1, 0.15) is 6.04 Å². The zero-order chi connectivity index (χ0) is 13.8. The maximum atomic E-state index is 12.0. The first-order valence-electron chi connectivity index (χ1n) is 6.23. The van der Waals surface area contributed by atoms with E-state index in [9.17, 15) is 4.79 Å². The van der Waals surface area contributed by atoms with E-state index >= 15 is 0 Å². The number of nitrogens with one attached hydrogen (secondary N) is 1. The lowest BCUT2D eigenvalue weighted by Crippen LogP contribution is -2.27. The molecule has 0 bridgehead atoms. The SMILES string of the molecule is CC(C)n1cc(NC(=O)[C@@H](N)c2ccccc2)cn1. The van der Waals surface area contributed by atoms with Crippen LogP contribution in [0.5, 0.6) is 0 Å². The lowest BCUT2D eigenvalue weighted by Gasteiger charge is -2.11. The van der Waals surface area contributed by atoms with Crippen molar-refractivity contribution in [1.82, 2.24) is 9.78 Å². The van der Waals surface area contributed by atoms with Gasteiger partial charge >= 0.3 is 0 Å². The van der Waals surface area contributed by atoms with Gasteiger partial charge in [0.05, 0.1) is 11.9 Å². The van der Waals surface area contributed by atoms with Crippen LogP contribution in [-0.4, -0.2) is 15.7 Å². The first-order chi connectivity index (χ1) is 9.08. The highest BCUT2D eigenvalue weighted by Crippen LogP contribution is 2.14. The van der Waals surface area contributed by atoms with E-state index in [1.54, 1.807) is 17.1 Å². The molecular weight excluding hydrogens is 240 g/mol. The van der Waals surface area contributed by atoms with E-state index in [-0.39, 0.29) is 11.9 Å². The molecule has 0 unspecified atom stereocenters. The van der Waals surface area contributed by atoms with Gasteiger partial charge in [0.25, 0.3) is 0 Å². The molecule has 2 rings (SSSR count). The summed E-state index contributed by atoms with van der Waals surface area (Å²) >= 11 is 0. The third-order valence-electron chi connectivity index (χ3n) is 2.84. The number of carbonyl (C=O) groups is 1. The van der Waals surface area contributed by atoms with Crippen molar-refractivity contribution in [2.24, 2.45) is 5.73 Å². The maximum Gasteiger partial charge on any atom is 0.245 e. The summed E-state index contributed by atoms with van der Waals surface area (Å²) in [4.78, 5) is 12.0. The van der Waals surface area contributed by atoms with Crippen LogP contribution >= 0.6 is 0 Å². The van der Waals surface area contributed by atoms with E-state index in [2.05, 4.69) is 10.4 Å². The average Bonchev–Trinajstić information content (AvgIpc) is 2.87. The predicted octanol–water partition coefficient (Wildman–Crippen LogP) is 2.10. The van der Waals surface area contributed by atoms with E-state index in [0.29, 0.717) is 5.69 Å². The van der Waals surface area contributed by atoms with Gasteiger partial charge in [0, 0.05) is 12.2 Å². The maximum absolute atomic E-state index is 12.0. The molecule has 0 spiro atoms. The molecule has 0 aliphatic heterocycles. The predicted molar refractivity (Wildman–Crippen MR) is 74.6 cm³/mol. The molecule has 1 atom stereocenters. The Balaban J connectivity index is 2.04. The van der Waals surface area contributed by atoms with Crippen LogP contribution in [0.15, 0.2) is 42.7 Å². The minimum Gasteiger partial charge on any atom is -0.322 e. The van der Waals surface area contributed by atoms with Crippen molar-refractivity contribution < 1.29 is 4.79 Å². The number of hydrogen-bond acceptors (Lipinski definition) is 3. The second-order valence-electron chi connectivity index (χ2n) is 4.68. The van der Waals surface area contributed by atoms with Gasteiger partial charge in [-0.3, -0.25) is 9.48 Å². The highest BCUT2D eigenvalue weighted by Gasteiger charge is 2.16. The largest absolute Gasteiger partial charge is 0.322 e.